The first-order valence-corrected chi connectivity index (χ1v) is 8.10. The molecule has 2 aromatic carbocycles. The van der Waals surface area contributed by atoms with Crippen LogP contribution in [0.4, 0.5) is 0 Å². The van der Waals surface area contributed by atoms with Crippen LogP contribution < -0.4 is 9.05 Å². The van der Waals surface area contributed by atoms with Crippen LogP contribution in [0.3, 0.4) is 0 Å². The van der Waals surface area contributed by atoms with Gasteiger partial charge < -0.3 is 0 Å². The van der Waals surface area contributed by atoms with Gasteiger partial charge in [0.05, 0.1) is 4.90 Å². The summed E-state index contributed by atoms with van der Waals surface area (Å²) in [7, 11) is -2.91. The predicted octanol–water partition coefficient (Wildman–Crippen LogP) is 3.92. The van der Waals surface area contributed by atoms with E-state index in [0.717, 1.165) is 4.90 Å². The van der Waals surface area contributed by atoms with Gasteiger partial charge in [-0.05, 0) is 24.3 Å². The molecular weight excluding hydrogens is 255 g/mol. The van der Waals surface area contributed by atoms with Crippen LogP contribution in [0.5, 0.6) is 11.5 Å². The Balaban J connectivity index is 1.82. The van der Waals surface area contributed by atoms with Crippen LogP contribution >= 0.6 is 18.5 Å². The van der Waals surface area contributed by atoms with E-state index in [-0.39, 0.29) is 0 Å². The van der Waals surface area contributed by atoms with Gasteiger partial charge in [-0.3, -0.25) is 9.05 Å². The maximum atomic E-state index is 10.3. The summed E-state index contributed by atoms with van der Waals surface area (Å²) in [4.78, 5) is 11.2. The minimum Gasteiger partial charge on any atom is -0.264 e. The van der Waals surface area contributed by atoms with Gasteiger partial charge in [0, 0.05) is 0 Å². The standard InChI is InChI=1S/C12H10O3PS/c13-16(17-10-6-2-1-3-7-10)14-11-8-4-5-9-12(11)15-16/h1-9,13H/q+1. The van der Waals surface area contributed by atoms with Crippen molar-refractivity contribution in [1.82, 2.24) is 0 Å². The molecule has 0 aromatic heterocycles. The van der Waals surface area contributed by atoms with Gasteiger partial charge in [-0.2, -0.15) is 4.89 Å². The van der Waals surface area contributed by atoms with Gasteiger partial charge in [0.1, 0.15) is 0 Å². The first kappa shape index (κ1) is 10.9. The number of hydrogen-bond acceptors (Lipinski definition) is 4. The molecule has 1 aliphatic rings. The Morgan fingerprint density at radius 3 is 1.94 bits per heavy atom. The number of para-hydroxylation sites is 2. The van der Waals surface area contributed by atoms with Gasteiger partial charge in [-0.15, -0.1) is 0 Å². The zero-order valence-electron chi connectivity index (χ0n) is 8.82. The Morgan fingerprint density at radius 1 is 0.824 bits per heavy atom. The lowest BCUT2D eigenvalue weighted by Gasteiger charge is -2.06. The third kappa shape index (κ3) is 2.25. The van der Waals surface area contributed by atoms with Crippen molar-refractivity contribution in [3.63, 3.8) is 0 Å². The molecule has 1 N–H and O–H groups in total. The largest absolute Gasteiger partial charge is 0.572 e. The lowest BCUT2D eigenvalue weighted by atomic mass is 10.3. The summed E-state index contributed by atoms with van der Waals surface area (Å²) in [6.07, 6.45) is 0. The van der Waals surface area contributed by atoms with Crippen LogP contribution in [0.15, 0.2) is 59.5 Å². The van der Waals surface area contributed by atoms with Crippen LogP contribution in [0.2, 0.25) is 0 Å². The first-order valence-electron chi connectivity index (χ1n) is 5.10. The van der Waals surface area contributed by atoms with Crippen molar-refractivity contribution in [2.45, 2.75) is 4.90 Å². The number of benzene rings is 2. The molecule has 0 unspecified atom stereocenters. The Morgan fingerprint density at radius 2 is 1.35 bits per heavy atom. The second-order valence-electron chi connectivity index (χ2n) is 3.50. The van der Waals surface area contributed by atoms with Gasteiger partial charge >= 0.3 is 7.15 Å². The van der Waals surface area contributed by atoms with E-state index in [4.69, 9.17) is 9.05 Å². The third-order valence-corrected chi connectivity index (χ3v) is 5.58. The van der Waals surface area contributed by atoms with Crippen molar-refractivity contribution >= 4 is 18.5 Å². The average Bonchev–Trinajstić information content (AvgIpc) is 2.66. The molecule has 0 saturated carbocycles. The fraction of sp³-hybridized carbons (Fsp3) is 0. The van der Waals surface area contributed by atoms with Crippen molar-refractivity contribution in [1.29, 1.82) is 0 Å². The minimum absolute atomic E-state index is 0.603. The fourth-order valence-corrected chi connectivity index (χ4v) is 4.85. The van der Waals surface area contributed by atoms with Crippen molar-refractivity contribution in [2.75, 3.05) is 0 Å². The molecule has 1 heterocycles. The predicted molar refractivity (Wildman–Crippen MR) is 69.1 cm³/mol. The molecule has 3 rings (SSSR count). The molecule has 5 heteroatoms. The quantitative estimate of drug-likeness (QED) is 0.835. The van der Waals surface area contributed by atoms with E-state index in [1.807, 2.05) is 42.5 Å². The van der Waals surface area contributed by atoms with Crippen molar-refractivity contribution in [3.8, 4) is 11.5 Å². The highest BCUT2D eigenvalue weighted by Gasteiger charge is 2.53. The van der Waals surface area contributed by atoms with Gasteiger partial charge in [-0.1, -0.05) is 30.3 Å². The van der Waals surface area contributed by atoms with E-state index in [1.54, 1.807) is 12.1 Å². The summed E-state index contributed by atoms with van der Waals surface area (Å²) in [6.45, 7) is 0. The highest BCUT2D eigenvalue weighted by molar-refractivity contribution is 8.57. The number of fused-ring (bicyclic) bond motifs is 1. The molecule has 0 saturated heterocycles. The molecule has 0 aliphatic carbocycles. The van der Waals surface area contributed by atoms with Gasteiger partial charge in [0.2, 0.25) is 11.5 Å². The van der Waals surface area contributed by atoms with Crippen LogP contribution in [0, 0.1) is 0 Å². The Labute approximate surface area is 104 Å². The molecule has 3 nitrogen and oxygen atoms in total. The summed E-state index contributed by atoms with van der Waals surface area (Å²) in [6, 6.07) is 16.9. The van der Waals surface area contributed by atoms with Crippen molar-refractivity contribution in [2.24, 2.45) is 0 Å². The van der Waals surface area contributed by atoms with E-state index in [2.05, 4.69) is 0 Å². The van der Waals surface area contributed by atoms with E-state index >= 15 is 0 Å². The minimum atomic E-state index is -2.91. The van der Waals surface area contributed by atoms with E-state index in [0.29, 0.717) is 11.5 Å². The molecule has 0 atom stereocenters. The Bertz CT molecular complexity index is 507. The maximum absolute atomic E-state index is 10.3. The maximum Gasteiger partial charge on any atom is 0.572 e. The normalized spacial score (nSPS) is 15.8. The second-order valence-corrected chi connectivity index (χ2v) is 7.39. The van der Waals surface area contributed by atoms with Gasteiger partial charge in [0.15, 0.2) is 11.4 Å². The fourth-order valence-electron chi connectivity index (χ4n) is 1.52. The second kappa shape index (κ2) is 4.22. The van der Waals surface area contributed by atoms with E-state index in [9.17, 15) is 4.89 Å². The molecule has 86 valence electrons. The molecule has 0 fully saturated rings. The zero-order valence-corrected chi connectivity index (χ0v) is 10.5. The molecule has 2 aromatic rings. The number of rotatable bonds is 2. The van der Waals surface area contributed by atoms with E-state index < -0.39 is 7.15 Å². The summed E-state index contributed by atoms with van der Waals surface area (Å²) in [5, 5.41) is 0. The lowest BCUT2D eigenvalue weighted by Crippen LogP contribution is -1.95. The molecule has 17 heavy (non-hydrogen) atoms. The third-order valence-electron chi connectivity index (χ3n) is 2.24. The van der Waals surface area contributed by atoms with E-state index in [1.165, 1.54) is 11.4 Å². The summed E-state index contributed by atoms with van der Waals surface area (Å²) < 4.78 is 11.0. The monoisotopic (exact) mass is 265 g/mol. The topological polar surface area (TPSA) is 38.7 Å². The molecular formula is C12H10O3PS+. The van der Waals surface area contributed by atoms with Crippen molar-refractivity contribution < 1.29 is 13.9 Å². The first-order chi connectivity index (χ1) is 8.25. The smallest absolute Gasteiger partial charge is 0.264 e. The van der Waals surface area contributed by atoms with Crippen LogP contribution in [-0.2, 0) is 0 Å². The number of hydrogen-bond donors (Lipinski definition) is 1. The summed E-state index contributed by atoms with van der Waals surface area (Å²) >= 11 is 1.23. The lowest BCUT2D eigenvalue weighted by molar-refractivity contribution is 0.420. The Kier molecular flexibility index (Phi) is 2.71. The molecule has 0 spiro atoms. The summed E-state index contributed by atoms with van der Waals surface area (Å²) in [5.74, 6) is 1.21. The molecule has 0 bridgehead atoms. The average molecular weight is 265 g/mol. The van der Waals surface area contributed by atoms with Gasteiger partial charge in [0.25, 0.3) is 0 Å². The van der Waals surface area contributed by atoms with Crippen LogP contribution in [0.1, 0.15) is 0 Å². The highest BCUT2D eigenvalue weighted by atomic mass is 32.7. The van der Waals surface area contributed by atoms with Gasteiger partial charge in [-0.25, -0.2) is 0 Å². The van der Waals surface area contributed by atoms with Crippen molar-refractivity contribution in [3.05, 3.63) is 54.6 Å². The highest BCUT2D eigenvalue weighted by Crippen LogP contribution is 2.74. The van der Waals surface area contributed by atoms with Crippen LogP contribution in [-0.4, -0.2) is 4.89 Å². The molecule has 0 radical (unpaired) electrons. The Hall–Kier alpha value is -1.22. The molecule has 0 amide bonds. The summed E-state index contributed by atoms with van der Waals surface area (Å²) in [5.41, 5.74) is 0. The zero-order chi connectivity index (χ0) is 11.7. The molecule has 1 aliphatic heterocycles. The SMILES string of the molecule is O[P+]1(Sc2ccccc2)Oc2ccccc2O1. The van der Waals surface area contributed by atoms with Crippen LogP contribution in [0.25, 0.3) is 0 Å².